The Balaban J connectivity index is 2.03. The number of sulfonamides is 1. The number of hydrogen-bond acceptors (Lipinski definition) is 6. The molecule has 3 rings (SSSR count). The smallest absolute Gasteiger partial charge is 0.345 e. The molecule has 0 N–H and O–H groups in total. The van der Waals surface area contributed by atoms with E-state index in [2.05, 4.69) is 4.90 Å². The second-order valence-corrected chi connectivity index (χ2v) is 9.21. The molecular formula is C21H26N2O5S. The summed E-state index contributed by atoms with van der Waals surface area (Å²) in [5.41, 5.74) is 0.906. The first-order valence-electron chi connectivity index (χ1n) is 9.51. The van der Waals surface area contributed by atoms with Crippen molar-refractivity contribution in [1.29, 1.82) is 0 Å². The minimum atomic E-state index is -3.68. The van der Waals surface area contributed by atoms with E-state index in [1.807, 2.05) is 0 Å². The highest BCUT2D eigenvalue weighted by Gasteiger charge is 2.25. The van der Waals surface area contributed by atoms with Gasteiger partial charge in [0.05, 0.1) is 23.3 Å². The Morgan fingerprint density at radius 1 is 1.00 bits per heavy atom. The zero-order valence-corrected chi connectivity index (χ0v) is 17.7. The average molecular weight is 419 g/mol. The van der Waals surface area contributed by atoms with E-state index in [1.165, 1.54) is 27.3 Å². The molecule has 0 spiro atoms. The summed E-state index contributed by atoms with van der Waals surface area (Å²) in [4.78, 5) is 15.2. The molecule has 0 aliphatic carbocycles. The number of nitrogens with zero attached hydrogens (tertiary/aromatic N) is 2. The molecule has 0 bridgehead atoms. The van der Waals surface area contributed by atoms with Crippen LogP contribution in [0.3, 0.4) is 0 Å². The summed E-state index contributed by atoms with van der Waals surface area (Å²) in [5.74, 6) is 0.0915. The summed E-state index contributed by atoms with van der Waals surface area (Å²) >= 11 is 0. The summed E-state index contributed by atoms with van der Waals surface area (Å²) in [6.07, 6.45) is 3.20. The SMILES string of the molecule is COc1ccccc1OC(=O)c1cc(S(=O)(=O)N(C)C)ccc1N1CCCCC1. The number of hydrogen-bond donors (Lipinski definition) is 0. The topological polar surface area (TPSA) is 76.1 Å². The van der Waals surface area contributed by atoms with Gasteiger partial charge in [0.1, 0.15) is 0 Å². The van der Waals surface area contributed by atoms with Gasteiger partial charge < -0.3 is 14.4 Å². The van der Waals surface area contributed by atoms with Crippen molar-refractivity contribution in [1.82, 2.24) is 4.31 Å². The maximum atomic E-state index is 13.1. The maximum Gasteiger partial charge on any atom is 0.345 e. The second-order valence-electron chi connectivity index (χ2n) is 7.05. The number of anilines is 1. The number of piperidine rings is 1. The third kappa shape index (κ3) is 4.54. The lowest BCUT2D eigenvalue weighted by atomic mass is 10.1. The van der Waals surface area contributed by atoms with Gasteiger partial charge in [0, 0.05) is 27.2 Å². The van der Waals surface area contributed by atoms with Gasteiger partial charge in [0.2, 0.25) is 10.0 Å². The van der Waals surface area contributed by atoms with Gasteiger partial charge in [-0.25, -0.2) is 17.5 Å². The highest BCUT2D eigenvalue weighted by atomic mass is 32.2. The Kier molecular flexibility index (Phi) is 6.44. The molecule has 29 heavy (non-hydrogen) atoms. The minimum Gasteiger partial charge on any atom is -0.493 e. The molecule has 1 aliphatic rings. The zero-order chi connectivity index (χ0) is 21.0. The number of para-hydroxylation sites is 2. The number of methoxy groups -OCH3 is 1. The Labute approximate surface area is 171 Å². The van der Waals surface area contributed by atoms with Crippen LogP contribution >= 0.6 is 0 Å². The molecule has 2 aromatic rings. The van der Waals surface area contributed by atoms with Crippen LogP contribution in [0.4, 0.5) is 5.69 Å². The van der Waals surface area contributed by atoms with Crippen molar-refractivity contribution in [3.05, 3.63) is 48.0 Å². The molecule has 2 aromatic carbocycles. The molecule has 0 amide bonds. The number of ether oxygens (including phenoxy) is 2. The Hall–Kier alpha value is -2.58. The van der Waals surface area contributed by atoms with Crippen molar-refractivity contribution in [2.24, 2.45) is 0 Å². The van der Waals surface area contributed by atoms with Crippen molar-refractivity contribution in [3.8, 4) is 11.5 Å². The number of rotatable bonds is 6. The van der Waals surface area contributed by atoms with Gasteiger partial charge in [-0.15, -0.1) is 0 Å². The van der Waals surface area contributed by atoms with Crippen LogP contribution in [0, 0.1) is 0 Å². The lowest BCUT2D eigenvalue weighted by Crippen LogP contribution is -2.31. The van der Waals surface area contributed by atoms with E-state index >= 15 is 0 Å². The highest BCUT2D eigenvalue weighted by molar-refractivity contribution is 7.89. The molecule has 1 fully saturated rings. The average Bonchev–Trinajstić information content (AvgIpc) is 2.74. The molecular weight excluding hydrogens is 392 g/mol. The summed E-state index contributed by atoms with van der Waals surface area (Å²) in [6.45, 7) is 1.63. The Morgan fingerprint density at radius 2 is 1.66 bits per heavy atom. The number of benzene rings is 2. The van der Waals surface area contributed by atoms with Crippen LogP contribution in [-0.4, -0.2) is 53.0 Å². The van der Waals surface area contributed by atoms with Gasteiger partial charge in [0.15, 0.2) is 11.5 Å². The molecule has 8 heteroatoms. The molecule has 0 unspecified atom stereocenters. The van der Waals surface area contributed by atoms with Crippen LogP contribution in [0.2, 0.25) is 0 Å². The Bertz CT molecular complexity index is 982. The lowest BCUT2D eigenvalue weighted by Gasteiger charge is -2.30. The van der Waals surface area contributed by atoms with Crippen LogP contribution in [0.1, 0.15) is 29.6 Å². The number of esters is 1. The van der Waals surface area contributed by atoms with Crippen molar-refractivity contribution >= 4 is 21.7 Å². The van der Waals surface area contributed by atoms with Gasteiger partial charge >= 0.3 is 5.97 Å². The standard InChI is InChI=1S/C21H26N2O5S/c1-22(2)29(25,26)16-11-12-18(23-13-7-4-8-14-23)17(15-16)21(24)28-20-10-6-5-9-19(20)27-3/h5-6,9-12,15H,4,7-8,13-14H2,1-3H3. The first-order chi connectivity index (χ1) is 13.8. The maximum absolute atomic E-state index is 13.1. The van der Waals surface area contributed by atoms with Crippen molar-refractivity contribution in [2.75, 3.05) is 39.2 Å². The van der Waals surface area contributed by atoms with E-state index in [1.54, 1.807) is 36.4 Å². The van der Waals surface area contributed by atoms with E-state index in [-0.39, 0.29) is 16.2 Å². The quantitative estimate of drug-likeness (QED) is 0.530. The molecule has 1 aliphatic heterocycles. The largest absolute Gasteiger partial charge is 0.493 e. The van der Waals surface area contributed by atoms with Gasteiger partial charge in [-0.05, 0) is 49.6 Å². The molecule has 0 atom stereocenters. The fourth-order valence-corrected chi connectivity index (χ4v) is 4.25. The predicted octanol–water partition coefficient (Wildman–Crippen LogP) is 3.16. The second kappa shape index (κ2) is 8.84. The van der Waals surface area contributed by atoms with E-state index < -0.39 is 16.0 Å². The first-order valence-corrected chi connectivity index (χ1v) is 11.0. The normalized spacial score (nSPS) is 14.7. The lowest BCUT2D eigenvalue weighted by molar-refractivity contribution is 0.0730. The molecule has 156 valence electrons. The predicted molar refractivity (Wildman–Crippen MR) is 111 cm³/mol. The summed E-state index contributed by atoms with van der Waals surface area (Å²) in [6, 6.07) is 11.5. The summed E-state index contributed by atoms with van der Waals surface area (Å²) < 4.78 is 37.1. The van der Waals surface area contributed by atoms with E-state index in [0.29, 0.717) is 11.4 Å². The fraction of sp³-hybridized carbons (Fsp3) is 0.381. The molecule has 1 heterocycles. The van der Waals surface area contributed by atoms with Gasteiger partial charge in [-0.2, -0.15) is 0 Å². The van der Waals surface area contributed by atoms with Gasteiger partial charge in [-0.3, -0.25) is 0 Å². The third-order valence-corrected chi connectivity index (χ3v) is 6.75. The van der Waals surface area contributed by atoms with E-state index in [0.717, 1.165) is 36.7 Å². The third-order valence-electron chi connectivity index (χ3n) is 4.93. The highest BCUT2D eigenvalue weighted by Crippen LogP contribution is 2.31. The van der Waals surface area contributed by atoms with Crippen LogP contribution in [0.15, 0.2) is 47.4 Å². The van der Waals surface area contributed by atoms with Gasteiger partial charge in [0.25, 0.3) is 0 Å². The molecule has 0 saturated carbocycles. The molecule has 0 aromatic heterocycles. The molecule has 1 saturated heterocycles. The van der Waals surface area contributed by atoms with Crippen LogP contribution < -0.4 is 14.4 Å². The number of carbonyl (C=O) groups is 1. The zero-order valence-electron chi connectivity index (χ0n) is 16.9. The summed E-state index contributed by atoms with van der Waals surface area (Å²) in [7, 11) is 0.730. The van der Waals surface area contributed by atoms with Crippen LogP contribution in [-0.2, 0) is 10.0 Å². The van der Waals surface area contributed by atoms with E-state index in [9.17, 15) is 13.2 Å². The van der Waals surface area contributed by atoms with Crippen molar-refractivity contribution in [3.63, 3.8) is 0 Å². The Morgan fingerprint density at radius 3 is 2.28 bits per heavy atom. The minimum absolute atomic E-state index is 0.0511. The monoisotopic (exact) mass is 418 g/mol. The van der Waals surface area contributed by atoms with Crippen LogP contribution in [0.5, 0.6) is 11.5 Å². The van der Waals surface area contributed by atoms with Crippen molar-refractivity contribution in [2.45, 2.75) is 24.2 Å². The molecule has 7 nitrogen and oxygen atoms in total. The van der Waals surface area contributed by atoms with E-state index in [4.69, 9.17) is 9.47 Å². The van der Waals surface area contributed by atoms with Crippen molar-refractivity contribution < 1.29 is 22.7 Å². The number of carbonyl (C=O) groups excluding carboxylic acids is 1. The fourth-order valence-electron chi connectivity index (χ4n) is 3.32. The van der Waals surface area contributed by atoms with Gasteiger partial charge in [-0.1, -0.05) is 12.1 Å². The molecule has 0 radical (unpaired) electrons. The summed E-state index contributed by atoms with van der Waals surface area (Å²) in [5, 5.41) is 0. The first kappa shape index (κ1) is 21.1. The van der Waals surface area contributed by atoms with Crippen LogP contribution in [0.25, 0.3) is 0 Å².